The van der Waals surface area contributed by atoms with E-state index in [0.717, 1.165) is 0 Å². The van der Waals surface area contributed by atoms with Crippen molar-refractivity contribution in [3.05, 3.63) is 70.4 Å². The summed E-state index contributed by atoms with van der Waals surface area (Å²) in [6, 6.07) is 17.8. The lowest BCUT2D eigenvalue weighted by Crippen LogP contribution is -1.75. The standard InChI is InChI=1S/C22H16S5/c1-13-14(2)22(20-10-8-18(26-20)16-6-4-12-24-16)27-21(13)19-9-7-17(25-19)15-5-3-11-23-15/h3-12H,1-2H3. The minimum absolute atomic E-state index is 1.36. The van der Waals surface area contributed by atoms with Gasteiger partial charge in [-0.1, -0.05) is 12.1 Å². The molecule has 0 spiro atoms. The van der Waals surface area contributed by atoms with Gasteiger partial charge in [-0.3, -0.25) is 0 Å². The van der Waals surface area contributed by atoms with E-state index >= 15 is 0 Å². The Morgan fingerprint density at radius 1 is 0.481 bits per heavy atom. The fourth-order valence-electron chi connectivity index (χ4n) is 3.09. The molecule has 0 aliphatic rings. The molecule has 0 bridgehead atoms. The molecule has 0 N–H and O–H groups in total. The van der Waals surface area contributed by atoms with Crippen LogP contribution in [-0.2, 0) is 0 Å². The van der Waals surface area contributed by atoms with Crippen LogP contribution in [0.3, 0.4) is 0 Å². The van der Waals surface area contributed by atoms with Crippen LogP contribution in [0.4, 0.5) is 0 Å². The highest BCUT2D eigenvalue weighted by Crippen LogP contribution is 2.47. The van der Waals surface area contributed by atoms with Crippen LogP contribution in [0, 0.1) is 13.8 Å². The molecule has 0 fully saturated rings. The number of hydrogen-bond donors (Lipinski definition) is 0. The summed E-state index contributed by atoms with van der Waals surface area (Å²) in [7, 11) is 0. The molecule has 27 heavy (non-hydrogen) atoms. The van der Waals surface area contributed by atoms with Crippen LogP contribution in [0.25, 0.3) is 39.0 Å². The summed E-state index contributed by atoms with van der Waals surface area (Å²) >= 11 is 9.37. The molecule has 0 nitrogen and oxygen atoms in total. The Balaban J connectivity index is 1.53. The third kappa shape index (κ3) is 3.18. The Hall–Kier alpha value is -1.50. The predicted octanol–water partition coefficient (Wildman–Crippen LogP) is 9.28. The average molecular weight is 441 g/mol. The van der Waals surface area contributed by atoms with Gasteiger partial charge in [0, 0.05) is 39.0 Å². The molecule has 5 aromatic rings. The van der Waals surface area contributed by atoms with Crippen molar-refractivity contribution in [2.24, 2.45) is 0 Å². The van der Waals surface area contributed by atoms with Crippen molar-refractivity contribution in [1.29, 1.82) is 0 Å². The second kappa shape index (κ2) is 7.15. The lowest BCUT2D eigenvalue weighted by atomic mass is 10.1. The van der Waals surface area contributed by atoms with Crippen LogP contribution in [0.5, 0.6) is 0 Å². The SMILES string of the molecule is Cc1c(-c2ccc(-c3cccs3)s2)sc(-c2ccc(-c3cccs3)s2)c1C. The smallest absolute Gasteiger partial charge is 0.0481 e. The maximum absolute atomic E-state index is 2.28. The first-order valence-electron chi connectivity index (χ1n) is 8.59. The van der Waals surface area contributed by atoms with Crippen molar-refractivity contribution in [2.45, 2.75) is 13.8 Å². The molecule has 0 radical (unpaired) electrons. The second-order valence-electron chi connectivity index (χ2n) is 6.29. The summed E-state index contributed by atoms with van der Waals surface area (Å²) in [6.07, 6.45) is 0. The minimum Gasteiger partial charge on any atom is -0.143 e. The second-order valence-corrected chi connectivity index (χ2v) is 11.4. The van der Waals surface area contributed by atoms with Gasteiger partial charge in [-0.15, -0.1) is 56.7 Å². The van der Waals surface area contributed by atoms with Crippen molar-refractivity contribution < 1.29 is 0 Å². The third-order valence-electron chi connectivity index (χ3n) is 4.64. The summed E-state index contributed by atoms with van der Waals surface area (Å²) < 4.78 is 0. The van der Waals surface area contributed by atoms with Gasteiger partial charge in [-0.05, 0) is 72.1 Å². The minimum atomic E-state index is 1.36. The molecule has 0 aromatic carbocycles. The maximum Gasteiger partial charge on any atom is 0.0481 e. The van der Waals surface area contributed by atoms with Crippen molar-refractivity contribution in [3.8, 4) is 39.0 Å². The third-order valence-corrected chi connectivity index (χ3v) is 10.7. The first kappa shape index (κ1) is 17.6. The molecular weight excluding hydrogens is 425 g/mol. The van der Waals surface area contributed by atoms with Gasteiger partial charge in [0.2, 0.25) is 0 Å². The van der Waals surface area contributed by atoms with Gasteiger partial charge in [0.15, 0.2) is 0 Å². The summed E-state index contributed by atoms with van der Waals surface area (Å²) in [5, 5.41) is 4.30. The molecule has 0 unspecified atom stereocenters. The van der Waals surface area contributed by atoms with E-state index in [1.165, 1.54) is 50.1 Å². The highest BCUT2D eigenvalue weighted by molar-refractivity contribution is 7.29. The number of rotatable bonds is 4. The van der Waals surface area contributed by atoms with Gasteiger partial charge < -0.3 is 0 Å². The van der Waals surface area contributed by atoms with Gasteiger partial charge in [0.1, 0.15) is 0 Å². The van der Waals surface area contributed by atoms with Gasteiger partial charge in [-0.2, -0.15) is 0 Å². The lowest BCUT2D eigenvalue weighted by Gasteiger charge is -1.96. The largest absolute Gasteiger partial charge is 0.143 e. The zero-order chi connectivity index (χ0) is 18.4. The molecule has 5 rings (SSSR count). The Kier molecular flexibility index (Phi) is 4.66. The van der Waals surface area contributed by atoms with E-state index in [2.05, 4.69) is 73.1 Å². The van der Waals surface area contributed by atoms with Crippen LogP contribution < -0.4 is 0 Å². The Morgan fingerprint density at radius 3 is 1.33 bits per heavy atom. The maximum atomic E-state index is 2.28. The van der Waals surface area contributed by atoms with E-state index in [9.17, 15) is 0 Å². The predicted molar refractivity (Wildman–Crippen MR) is 127 cm³/mol. The molecule has 0 saturated heterocycles. The van der Waals surface area contributed by atoms with E-state index in [1.54, 1.807) is 0 Å². The highest BCUT2D eigenvalue weighted by Gasteiger charge is 2.18. The van der Waals surface area contributed by atoms with Crippen molar-refractivity contribution in [3.63, 3.8) is 0 Å². The molecule has 5 heterocycles. The summed E-state index contributed by atoms with van der Waals surface area (Å²) in [6.45, 7) is 4.53. The molecule has 0 aliphatic heterocycles. The number of hydrogen-bond acceptors (Lipinski definition) is 5. The zero-order valence-electron chi connectivity index (χ0n) is 14.8. The van der Waals surface area contributed by atoms with Crippen molar-refractivity contribution in [2.75, 3.05) is 0 Å². The molecule has 0 atom stereocenters. The van der Waals surface area contributed by atoms with E-state index in [4.69, 9.17) is 0 Å². The molecule has 0 amide bonds. The fourth-order valence-corrected chi connectivity index (χ4v) is 8.42. The zero-order valence-corrected chi connectivity index (χ0v) is 18.9. The van der Waals surface area contributed by atoms with E-state index in [0.29, 0.717) is 0 Å². The monoisotopic (exact) mass is 440 g/mol. The molecular formula is C22H16S5. The summed E-state index contributed by atoms with van der Waals surface area (Å²) in [4.78, 5) is 11.0. The summed E-state index contributed by atoms with van der Waals surface area (Å²) in [5.41, 5.74) is 2.83. The molecule has 5 aromatic heterocycles. The fraction of sp³-hybridized carbons (Fsp3) is 0.0909. The molecule has 0 saturated carbocycles. The van der Waals surface area contributed by atoms with Crippen LogP contribution in [0.1, 0.15) is 11.1 Å². The van der Waals surface area contributed by atoms with Crippen LogP contribution in [0.2, 0.25) is 0 Å². The Bertz CT molecular complexity index is 1090. The van der Waals surface area contributed by atoms with Gasteiger partial charge in [0.25, 0.3) is 0 Å². The number of thiophene rings is 5. The molecule has 0 aliphatic carbocycles. The van der Waals surface area contributed by atoms with Gasteiger partial charge in [-0.25, -0.2) is 0 Å². The molecule has 5 heteroatoms. The highest BCUT2D eigenvalue weighted by atomic mass is 32.1. The quantitative estimate of drug-likeness (QED) is 0.261. The first-order chi connectivity index (χ1) is 13.2. The lowest BCUT2D eigenvalue weighted by molar-refractivity contribution is 1.41. The average Bonchev–Trinajstić information content (AvgIpc) is 3.48. The van der Waals surface area contributed by atoms with Gasteiger partial charge >= 0.3 is 0 Å². The van der Waals surface area contributed by atoms with Crippen molar-refractivity contribution in [1.82, 2.24) is 0 Å². The topological polar surface area (TPSA) is 0 Å². The summed E-state index contributed by atoms with van der Waals surface area (Å²) in [5.74, 6) is 0. The van der Waals surface area contributed by atoms with E-state index in [-0.39, 0.29) is 0 Å². The van der Waals surface area contributed by atoms with E-state index < -0.39 is 0 Å². The normalized spacial score (nSPS) is 11.3. The first-order valence-corrected chi connectivity index (χ1v) is 12.8. The van der Waals surface area contributed by atoms with Crippen LogP contribution in [0.15, 0.2) is 59.3 Å². The van der Waals surface area contributed by atoms with Gasteiger partial charge in [0.05, 0.1) is 0 Å². The van der Waals surface area contributed by atoms with Crippen LogP contribution in [-0.4, -0.2) is 0 Å². The Morgan fingerprint density at radius 2 is 0.926 bits per heavy atom. The van der Waals surface area contributed by atoms with E-state index in [1.807, 2.05) is 56.7 Å². The molecule has 134 valence electrons. The Labute approximate surface area is 179 Å². The van der Waals surface area contributed by atoms with Crippen molar-refractivity contribution >= 4 is 56.7 Å². The van der Waals surface area contributed by atoms with Crippen LogP contribution >= 0.6 is 56.7 Å².